The Hall–Kier alpha value is -3.30. The Morgan fingerprint density at radius 2 is 1.91 bits per heavy atom. The molecule has 3 amide bonds. The van der Waals surface area contributed by atoms with Crippen LogP contribution >= 0.6 is 0 Å². The van der Waals surface area contributed by atoms with Gasteiger partial charge in [-0.3, -0.25) is 10.1 Å². The number of carbonyl (C=O) groups is 2. The van der Waals surface area contributed by atoms with Crippen LogP contribution in [-0.4, -0.2) is 73.5 Å². The molecule has 2 aliphatic rings. The normalized spacial score (nSPS) is 19.4. The van der Waals surface area contributed by atoms with Crippen LogP contribution < -0.4 is 24.8 Å². The molecule has 4 rings (SSSR count). The summed E-state index contributed by atoms with van der Waals surface area (Å²) in [7, 11) is 1.59. The van der Waals surface area contributed by atoms with Crippen molar-refractivity contribution in [1.82, 2.24) is 15.5 Å². The molecule has 2 heterocycles. The van der Waals surface area contributed by atoms with Crippen LogP contribution in [0.4, 0.5) is 4.79 Å². The van der Waals surface area contributed by atoms with E-state index >= 15 is 0 Å². The third kappa shape index (κ3) is 5.94. The fourth-order valence-electron chi connectivity index (χ4n) is 4.01. The van der Waals surface area contributed by atoms with Gasteiger partial charge in [0.25, 0.3) is 5.91 Å². The molecule has 9 nitrogen and oxygen atoms in total. The number of aliphatic hydroxyl groups excluding tert-OH is 1. The van der Waals surface area contributed by atoms with Crippen LogP contribution in [0.5, 0.6) is 17.2 Å². The number of β-amino-alcohol motifs (C(OH)–C–C–N with tert-alkyl or cyclic N) is 1. The second-order valence-electron chi connectivity index (χ2n) is 8.22. The number of rotatable bonds is 6. The molecule has 2 aromatic rings. The van der Waals surface area contributed by atoms with Gasteiger partial charge < -0.3 is 29.5 Å². The molecule has 176 valence electrons. The van der Waals surface area contributed by atoms with Crippen LogP contribution in [0, 0.1) is 0 Å². The fraction of sp³-hybridized carbons (Fsp3) is 0.417. The first kappa shape index (κ1) is 22.9. The highest BCUT2D eigenvalue weighted by atomic mass is 16.6. The summed E-state index contributed by atoms with van der Waals surface area (Å²) in [5.74, 6) is 1.45. The third-order valence-corrected chi connectivity index (χ3v) is 5.89. The lowest BCUT2D eigenvalue weighted by Gasteiger charge is -2.36. The van der Waals surface area contributed by atoms with Crippen molar-refractivity contribution in [2.24, 2.45) is 0 Å². The number of methoxy groups -OCH3 is 1. The smallest absolute Gasteiger partial charge is 0.321 e. The van der Waals surface area contributed by atoms with Crippen LogP contribution in [-0.2, 0) is 0 Å². The monoisotopic (exact) mass is 455 g/mol. The zero-order chi connectivity index (χ0) is 23.2. The zero-order valence-corrected chi connectivity index (χ0v) is 18.5. The SMILES string of the molecule is COc1ccc2c(c1)OCC(C(O)CN1CCC(NC(=O)NC(=O)c3ccccc3)CC1)O2. The first-order valence-electron chi connectivity index (χ1n) is 11.1. The maximum absolute atomic E-state index is 12.2. The van der Waals surface area contributed by atoms with E-state index in [1.165, 1.54) is 0 Å². The lowest BCUT2D eigenvalue weighted by atomic mass is 10.0. The number of carbonyl (C=O) groups excluding carboxylic acids is 2. The third-order valence-electron chi connectivity index (χ3n) is 5.89. The minimum absolute atomic E-state index is 0.0295. The summed E-state index contributed by atoms with van der Waals surface area (Å²) in [5.41, 5.74) is 0.437. The molecule has 3 N–H and O–H groups in total. The quantitative estimate of drug-likeness (QED) is 0.609. The van der Waals surface area contributed by atoms with Crippen molar-refractivity contribution in [1.29, 1.82) is 0 Å². The second kappa shape index (κ2) is 10.5. The lowest BCUT2D eigenvalue weighted by molar-refractivity contribution is -0.0283. The molecule has 1 saturated heterocycles. The van der Waals surface area contributed by atoms with Gasteiger partial charge >= 0.3 is 6.03 Å². The minimum atomic E-state index is -0.712. The summed E-state index contributed by atoms with van der Waals surface area (Å²) in [5, 5.41) is 15.9. The van der Waals surface area contributed by atoms with Gasteiger partial charge in [-0.25, -0.2) is 4.79 Å². The van der Waals surface area contributed by atoms with Gasteiger partial charge in [0.1, 0.15) is 18.5 Å². The molecule has 0 aromatic heterocycles. The standard InChI is InChI=1S/C24H29N3O6/c1-31-18-7-8-20-21(13-18)32-15-22(33-20)19(28)14-27-11-9-17(10-12-27)25-24(30)26-23(29)16-5-3-2-4-6-16/h2-8,13,17,19,22,28H,9-12,14-15H2,1H3,(H2,25,26,29,30). The first-order valence-corrected chi connectivity index (χ1v) is 11.1. The van der Waals surface area contributed by atoms with E-state index in [1.54, 1.807) is 49.6 Å². The van der Waals surface area contributed by atoms with Gasteiger partial charge in [-0.05, 0) is 37.1 Å². The molecule has 0 aliphatic carbocycles. The molecule has 0 saturated carbocycles. The zero-order valence-electron chi connectivity index (χ0n) is 18.5. The largest absolute Gasteiger partial charge is 0.497 e. The van der Waals surface area contributed by atoms with Gasteiger partial charge in [0.2, 0.25) is 0 Å². The molecular weight excluding hydrogens is 426 g/mol. The van der Waals surface area contributed by atoms with Crippen LogP contribution in [0.15, 0.2) is 48.5 Å². The number of amides is 3. The molecule has 0 spiro atoms. The number of hydrogen-bond donors (Lipinski definition) is 3. The Morgan fingerprint density at radius 3 is 2.64 bits per heavy atom. The number of nitrogens with one attached hydrogen (secondary N) is 2. The number of ether oxygens (including phenoxy) is 3. The van der Waals surface area contributed by atoms with Crippen molar-refractivity contribution in [2.75, 3.05) is 33.4 Å². The van der Waals surface area contributed by atoms with Crippen molar-refractivity contribution >= 4 is 11.9 Å². The minimum Gasteiger partial charge on any atom is -0.497 e. The Labute approximate surface area is 192 Å². The van der Waals surface area contributed by atoms with Gasteiger partial charge in [-0.15, -0.1) is 0 Å². The highest BCUT2D eigenvalue weighted by Crippen LogP contribution is 2.35. The molecule has 0 bridgehead atoms. The van der Waals surface area contributed by atoms with Gasteiger partial charge in [0.05, 0.1) is 7.11 Å². The van der Waals surface area contributed by atoms with Crippen LogP contribution in [0.2, 0.25) is 0 Å². The molecule has 2 aliphatic heterocycles. The topological polar surface area (TPSA) is 109 Å². The number of likely N-dealkylation sites (tertiary alicyclic amines) is 1. The summed E-state index contributed by atoms with van der Waals surface area (Å²) in [6, 6.07) is 13.4. The highest BCUT2D eigenvalue weighted by molar-refractivity contribution is 6.04. The van der Waals surface area contributed by atoms with Gasteiger partial charge in [0.15, 0.2) is 17.6 Å². The van der Waals surface area contributed by atoms with E-state index in [4.69, 9.17) is 14.2 Å². The summed E-state index contributed by atoms with van der Waals surface area (Å²) >= 11 is 0. The number of aliphatic hydroxyl groups is 1. The molecule has 2 atom stereocenters. The van der Waals surface area contributed by atoms with Crippen LogP contribution in [0.1, 0.15) is 23.2 Å². The van der Waals surface area contributed by atoms with E-state index in [1.807, 2.05) is 6.07 Å². The molecule has 0 radical (unpaired) electrons. The number of imide groups is 1. The van der Waals surface area contributed by atoms with E-state index in [9.17, 15) is 14.7 Å². The molecule has 2 aromatic carbocycles. The Bertz CT molecular complexity index is 962. The summed E-state index contributed by atoms with van der Waals surface area (Å²) in [6.07, 6.45) is 0.280. The maximum Gasteiger partial charge on any atom is 0.321 e. The Morgan fingerprint density at radius 1 is 1.15 bits per heavy atom. The lowest BCUT2D eigenvalue weighted by Crippen LogP contribution is -2.52. The van der Waals surface area contributed by atoms with Crippen molar-refractivity contribution in [3.8, 4) is 17.2 Å². The number of hydrogen-bond acceptors (Lipinski definition) is 7. The maximum atomic E-state index is 12.2. The number of piperidine rings is 1. The van der Waals surface area contributed by atoms with Gasteiger partial charge in [-0.2, -0.15) is 0 Å². The van der Waals surface area contributed by atoms with Crippen molar-refractivity contribution < 1.29 is 28.9 Å². The summed E-state index contributed by atoms with van der Waals surface area (Å²) in [4.78, 5) is 26.4. The number of nitrogens with zero attached hydrogens (tertiary/aromatic N) is 1. The average Bonchev–Trinajstić information content (AvgIpc) is 2.85. The molecule has 9 heteroatoms. The van der Waals surface area contributed by atoms with Gasteiger partial charge in [-0.1, -0.05) is 18.2 Å². The van der Waals surface area contributed by atoms with Crippen molar-refractivity contribution in [3.05, 3.63) is 54.1 Å². The van der Waals surface area contributed by atoms with Crippen LogP contribution in [0.3, 0.4) is 0 Å². The molecule has 1 fully saturated rings. The molecule has 2 unspecified atom stereocenters. The summed E-state index contributed by atoms with van der Waals surface area (Å²) < 4.78 is 16.9. The van der Waals surface area contributed by atoms with E-state index in [0.29, 0.717) is 29.4 Å². The van der Waals surface area contributed by atoms with E-state index in [0.717, 1.165) is 25.9 Å². The Balaban J connectivity index is 1.19. The average molecular weight is 456 g/mol. The number of fused-ring (bicyclic) bond motifs is 1. The fourth-order valence-corrected chi connectivity index (χ4v) is 4.01. The highest BCUT2D eigenvalue weighted by Gasteiger charge is 2.31. The van der Waals surface area contributed by atoms with Gasteiger partial charge in [0, 0.05) is 37.3 Å². The van der Waals surface area contributed by atoms with Crippen LogP contribution in [0.25, 0.3) is 0 Å². The van der Waals surface area contributed by atoms with E-state index in [-0.39, 0.29) is 12.6 Å². The van der Waals surface area contributed by atoms with Crippen molar-refractivity contribution in [3.63, 3.8) is 0 Å². The summed E-state index contributed by atoms with van der Waals surface area (Å²) in [6.45, 7) is 2.14. The number of urea groups is 1. The number of benzene rings is 2. The first-order chi connectivity index (χ1) is 16.0. The van der Waals surface area contributed by atoms with E-state index in [2.05, 4.69) is 15.5 Å². The molecular formula is C24H29N3O6. The van der Waals surface area contributed by atoms with Crippen molar-refractivity contribution in [2.45, 2.75) is 31.1 Å². The predicted molar refractivity (Wildman–Crippen MR) is 121 cm³/mol. The van der Waals surface area contributed by atoms with E-state index < -0.39 is 24.1 Å². The molecule has 33 heavy (non-hydrogen) atoms. The second-order valence-corrected chi connectivity index (χ2v) is 8.22. The Kier molecular flexibility index (Phi) is 7.31. The predicted octanol–water partition coefficient (Wildman–Crippen LogP) is 1.80.